The quantitative estimate of drug-likeness (QED) is 0.156. The monoisotopic (exact) mass is 647 g/mol. The number of piperidine rings is 2. The summed E-state index contributed by atoms with van der Waals surface area (Å²) in [6.45, 7) is 5.67. The first kappa shape index (κ1) is 33.8. The highest BCUT2D eigenvalue weighted by molar-refractivity contribution is 5.94. The minimum Gasteiger partial charge on any atom is -0.493 e. The van der Waals surface area contributed by atoms with E-state index in [-0.39, 0.29) is 6.03 Å². The first-order valence-corrected chi connectivity index (χ1v) is 16.3. The molecule has 47 heavy (non-hydrogen) atoms. The summed E-state index contributed by atoms with van der Waals surface area (Å²) in [5.41, 5.74) is 2.70. The van der Waals surface area contributed by atoms with E-state index in [9.17, 15) is 14.4 Å². The highest BCUT2D eigenvalue weighted by Crippen LogP contribution is 2.38. The van der Waals surface area contributed by atoms with Crippen LogP contribution in [0.2, 0.25) is 0 Å². The summed E-state index contributed by atoms with van der Waals surface area (Å²) in [5, 5.41) is 3.78. The number of rotatable bonds is 11. The topological polar surface area (TPSA) is 120 Å². The molecule has 2 saturated heterocycles. The van der Waals surface area contributed by atoms with Crippen LogP contribution in [0.4, 0.5) is 10.5 Å². The molecule has 0 aliphatic carbocycles. The summed E-state index contributed by atoms with van der Waals surface area (Å²) >= 11 is 0. The zero-order valence-electron chi connectivity index (χ0n) is 27.8. The highest BCUT2D eigenvalue weighted by Gasteiger charge is 2.24. The molecule has 252 valence electrons. The lowest BCUT2D eigenvalue weighted by atomic mass is 9.98. The van der Waals surface area contributed by atoms with E-state index in [4.69, 9.17) is 23.4 Å². The van der Waals surface area contributed by atoms with E-state index in [1.165, 1.54) is 39.9 Å². The molecule has 5 rings (SSSR count). The fraction of sp³-hybridized carbons (Fsp3) is 0.472. The van der Waals surface area contributed by atoms with Gasteiger partial charge in [0.2, 0.25) is 5.75 Å². The van der Waals surface area contributed by atoms with E-state index in [1.807, 2.05) is 13.0 Å². The number of benzene rings is 2. The molecule has 0 bridgehead atoms. The Hall–Kier alpha value is -4.51. The van der Waals surface area contributed by atoms with E-state index in [0.717, 1.165) is 61.7 Å². The van der Waals surface area contributed by atoms with Gasteiger partial charge in [0.1, 0.15) is 11.7 Å². The fourth-order valence-corrected chi connectivity index (χ4v) is 6.50. The lowest BCUT2D eigenvalue weighted by Gasteiger charge is -2.30. The maximum atomic E-state index is 13.3. The number of hydrogen-bond donors (Lipinski definition) is 1. The Bertz CT molecular complexity index is 1630. The van der Waals surface area contributed by atoms with Gasteiger partial charge in [-0.15, -0.1) is 0 Å². The van der Waals surface area contributed by atoms with E-state index in [2.05, 4.69) is 10.2 Å². The van der Waals surface area contributed by atoms with Gasteiger partial charge in [-0.2, -0.15) is 0 Å². The molecule has 11 heteroatoms. The molecule has 1 atom stereocenters. The Kier molecular flexibility index (Phi) is 11.4. The molecule has 11 nitrogen and oxygen atoms in total. The van der Waals surface area contributed by atoms with Crippen molar-refractivity contribution in [2.75, 3.05) is 59.4 Å². The molecule has 2 aromatic carbocycles. The number of aryl methyl sites for hydroxylation is 1. The summed E-state index contributed by atoms with van der Waals surface area (Å²) in [6.07, 6.45) is 9.32. The summed E-state index contributed by atoms with van der Waals surface area (Å²) in [7, 11) is 4.61. The molecule has 1 N–H and O–H groups in total. The second-order valence-electron chi connectivity index (χ2n) is 12.2. The standard InChI is InChI=1S/C36H45N3O8/c1-24-17-33(41)47-29-22-27(37-36(42)39-15-9-6-10-16-39)20-26(34(24)29)21-28(23-38-13-7-5-8-14-38)46-32(40)12-11-25-18-30(43-2)35(45-4)31(19-25)44-3/h11-12,17-20,22,28H,5-10,13-16,21,23H2,1-4H3,(H,37,42). The van der Waals surface area contributed by atoms with Crippen molar-refractivity contribution in [2.24, 2.45) is 0 Å². The second kappa shape index (κ2) is 15.9. The van der Waals surface area contributed by atoms with Gasteiger partial charge in [-0.3, -0.25) is 4.90 Å². The minimum atomic E-state index is -0.507. The third-order valence-electron chi connectivity index (χ3n) is 8.76. The van der Waals surface area contributed by atoms with Crippen molar-refractivity contribution < 1.29 is 33.0 Å². The van der Waals surface area contributed by atoms with Crippen LogP contribution in [-0.4, -0.2) is 82.0 Å². The van der Waals surface area contributed by atoms with Crippen molar-refractivity contribution in [1.82, 2.24) is 9.80 Å². The molecule has 1 unspecified atom stereocenters. The fourth-order valence-electron chi connectivity index (χ4n) is 6.50. The van der Waals surface area contributed by atoms with Crippen LogP contribution in [0.25, 0.3) is 17.0 Å². The molecule has 2 aliphatic heterocycles. The van der Waals surface area contributed by atoms with Crippen molar-refractivity contribution in [3.63, 3.8) is 0 Å². The number of urea groups is 1. The lowest BCUT2D eigenvalue weighted by molar-refractivity contribution is -0.143. The van der Waals surface area contributed by atoms with E-state index in [1.54, 1.807) is 29.2 Å². The van der Waals surface area contributed by atoms with Crippen molar-refractivity contribution in [2.45, 2.75) is 58.0 Å². The van der Waals surface area contributed by atoms with Crippen molar-refractivity contribution in [3.05, 3.63) is 63.5 Å². The third kappa shape index (κ3) is 8.65. The molecule has 1 aromatic heterocycles. The number of nitrogens with one attached hydrogen (secondary N) is 1. The number of ether oxygens (including phenoxy) is 4. The highest BCUT2D eigenvalue weighted by atomic mass is 16.5. The van der Waals surface area contributed by atoms with Gasteiger partial charge < -0.3 is 33.6 Å². The smallest absolute Gasteiger partial charge is 0.336 e. The number of esters is 1. The number of methoxy groups -OCH3 is 3. The number of likely N-dealkylation sites (tertiary alicyclic amines) is 2. The van der Waals surface area contributed by atoms with Crippen molar-refractivity contribution >= 4 is 34.7 Å². The predicted octanol–water partition coefficient (Wildman–Crippen LogP) is 5.80. The van der Waals surface area contributed by atoms with Crippen LogP contribution in [0.15, 0.2) is 45.6 Å². The molecule has 0 saturated carbocycles. The number of fused-ring (bicyclic) bond motifs is 1. The zero-order valence-corrected chi connectivity index (χ0v) is 27.8. The average Bonchev–Trinajstić information content (AvgIpc) is 3.07. The van der Waals surface area contributed by atoms with Crippen LogP contribution < -0.4 is 25.2 Å². The van der Waals surface area contributed by atoms with Crippen LogP contribution in [0.1, 0.15) is 55.2 Å². The largest absolute Gasteiger partial charge is 0.493 e. The first-order valence-electron chi connectivity index (χ1n) is 16.3. The van der Waals surface area contributed by atoms with Gasteiger partial charge in [-0.1, -0.05) is 6.42 Å². The summed E-state index contributed by atoms with van der Waals surface area (Å²) in [6, 6.07) is 8.38. The van der Waals surface area contributed by atoms with Crippen LogP contribution in [0.5, 0.6) is 17.2 Å². The first-order chi connectivity index (χ1) is 22.8. The summed E-state index contributed by atoms with van der Waals surface area (Å²) < 4.78 is 28.0. The molecule has 2 aliphatic rings. The molecule has 3 aromatic rings. The Morgan fingerprint density at radius 1 is 0.894 bits per heavy atom. The molecule has 0 spiro atoms. The van der Waals surface area contributed by atoms with Crippen LogP contribution >= 0.6 is 0 Å². The number of anilines is 1. The SMILES string of the molecule is COc1cc(C=CC(=O)OC(Cc2cc(NC(=O)N3CCCCC3)cc3oc(=O)cc(C)c23)CN2CCCCC2)cc(OC)c1OC. The third-order valence-corrected chi connectivity index (χ3v) is 8.76. The van der Waals surface area contributed by atoms with Crippen molar-refractivity contribution in [3.8, 4) is 17.2 Å². The number of hydrogen-bond acceptors (Lipinski definition) is 9. The molecular formula is C36H45N3O8. The van der Waals surface area contributed by atoms with Gasteiger partial charge in [0.25, 0.3) is 0 Å². The maximum Gasteiger partial charge on any atom is 0.336 e. The number of amides is 2. The van der Waals surface area contributed by atoms with Crippen molar-refractivity contribution in [1.29, 1.82) is 0 Å². The normalized spacial score (nSPS) is 16.2. The molecule has 3 heterocycles. The molecular weight excluding hydrogens is 602 g/mol. The van der Waals surface area contributed by atoms with Gasteiger partial charge in [0.15, 0.2) is 11.5 Å². The number of nitrogens with zero attached hydrogens (tertiary/aromatic N) is 2. The van der Waals surface area contributed by atoms with E-state index in [0.29, 0.717) is 60.1 Å². The lowest BCUT2D eigenvalue weighted by Crippen LogP contribution is -2.39. The predicted molar refractivity (Wildman–Crippen MR) is 181 cm³/mol. The van der Waals surface area contributed by atoms with E-state index < -0.39 is 17.7 Å². The van der Waals surface area contributed by atoms with Gasteiger partial charge in [0, 0.05) is 55.3 Å². The summed E-state index contributed by atoms with van der Waals surface area (Å²) in [4.78, 5) is 42.9. The average molecular weight is 648 g/mol. The van der Waals surface area contributed by atoms with Crippen LogP contribution in [0.3, 0.4) is 0 Å². The number of carbonyl (C=O) groups is 2. The Balaban J connectivity index is 1.43. The molecule has 2 amide bonds. The van der Waals surface area contributed by atoms with Gasteiger partial charge in [-0.05, 0) is 93.1 Å². The Morgan fingerprint density at radius 3 is 2.19 bits per heavy atom. The molecule has 2 fully saturated rings. The van der Waals surface area contributed by atoms with Gasteiger partial charge in [0.05, 0.1) is 21.3 Å². The van der Waals surface area contributed by atoms with E-state index >= 15 is 0 Å². The summed E-state index contributed by atoms with van der Waals surface area (Å²) in [5.74, 6) is 0.917. The maximum absolute atomic E-state index is 13.3. The van der Waals surface area contributed by atoms with Crippen LogP contribution in [0, 0.1) is 6.92 Å². The number of carbonyl (C=O) groups excluding carboxylic acids is 2. The molecule has 0 radical (unpaired) electrons. The van der Waals surface area contributed by atoms with Gasteiger partial charge >= 0.3 is 17.6 Å². The Labute approximate surface area is 275 Å². The van der Waals surface area contributed by atoms with Gasteiger partial charge in [-0.25, -0.2) is 14.4 Å². The zero-order chi connectivity index (χ0) is 33.3. The Morgan fingerprint density at radius 2 is 1.55 bits per heavy atom. The minimum absolute atomic E-state index is 0.182. The van der Waals surface area contributed by atoms with Crippen LogP contribution in [-0.2, 0) is 16.0 Å². The second-order valence-corrected chi connectivity index (χ2v) is 12.2.